The zero-order chi connectivity index (χ0) is 11.5. The number of hydrogen-bond donors (Lipinski definition) is 1. The molecule has 1 fully saturated rings. The summed E-state index contributed by atoms with van der Waals surface area (Å²) in [6, 6.07) is 6.96. The van der Waals surface area contributed by atoms with Gasteiger partial charge in [0, 0.05) is 28.1 Å². The van der Waals surface area contributed by atoms with Crippen LogP contribution in [0.25, 0.3) is 0 Å². The molecular formula is C12H16Br2N2. The molecule has 0 amide bonds. The molecule has 88 valence electrons. The Labute approximate surface area is 114 Å². The third-order valence-corrected chi connectivity index (χ3v) is 4.24. The Bertz CT molecular complexity index is 368. The number of nitrogens with zero attached hydrogens (tertiary/aromatic N) is 1. The summed E-state index contributed by atoms with van der Waals surface area (Å²) < 4.78 is 2.31. The summed E-state index contributed by atoms with van der Waals surface area (Å²) in [5.74, 6) is 0. The molecule has 0 radical (unpaired) electrons. The fourth-order valence-corrected chi connectivity index (χ4v) is 3.01. The van der Waals surface area contributed by atoms with Crippen LogP contribution in [0.5, 0.6) is 0 Å². The zero-order valence-electron chi connectivity index (χ0n) is 9.34. The van der Waals surface area contributed by atoms with Crippen LogP contribution in [0.1, 0.15) is 12.8 Å². The molecule has 1 atom stereocenters. The van der Waals surface area contributed by atoms with Crippen molar-refractivity contribution < 1.29 is 0 Å². The van der Waals surface area contributed by atoms with E-state index in [2.05, 4.69) is 60.3 Å². The van der Waals surface area contributed by atoms with Crippen LogP contribution in [0.2, 0.25) is 0 Å². The molecule has 16 heavy (non-hydrogen) atoms. The molecule has 2 rings (SSSR count). The van der Waals surface area contributed by atoms with Gasteiger partial charge in [-0.1, -0.05) is 15.9 Å². The topological polar surface area (TPSA) is 15.3 Å². The number of hydrogen-bond acceptors (Lipinski definition) is 2. The third-order valence-electron chi connectivity index (χ3n) is 3.08. The van der Waals surface area contributed by atoms with Gasteiger partial charge in [-0.05, 0) is 54.0 Å². The van der Waals surface area contributed by atoms with Crippen molar-refractivity contribution in [3.8, 4) is 0 Å². The minimum Gasteiger partial charge on any atom is -0.369 e. The van der Waals surface area contributed by atoms with Crippen LogP contribution in [-0.2, 0) is 0 Å². The van der Waals surface area contributed by atoms with Gasteiger partial charge in [-0.3, -0.25) is 0 Å². The molecule has 0 bridgehead atoms. The molecule has 1 unspecified atom stereocenters. The van der Waals surface area contributed by atoms with Crippen molar-refractivity contribution in [2.45, 2.75) is 18.9 Å². The van der Waals surface area contributed by atoms with Gasteiger partial charge in [-0.15, -0.1) is 0 Å². The van der Waals surface area contributed by atoms with E-state index in [1.165, 1.54) is 23.0 Å². The Kier molecular flexibility index (Phi) is 4.27. The maximum Gasteiger partial charge on any atom is 0.0522 e. The van der Waals surface area contributed by atoms with E-state index in [1.54, 1.807) is 0 Å². The molecule has 0 aromatic heterocycles. The number of rotatable bonds is 2. The van der Waals surface area contributed by atoms with E-state index in [0.717, 1.165) is 17.6 Å². The number of nitrogens with one attached hydrogen (secondary N) is 1. The molecule has 1 aromatic carbocycles. The lowest BCUT2D eigenvalue weighted by atomic mass is 10.1. The highest BCUT2D eigenvalue weighted by Gasteiger charge is 2.20. The molecule has 0 spiro atoms. The number of anilines is 1. The first-order valence-electron chi connectivity index (χ1n) is 5.58. The van der Waals surface area contributed by atoms with E-state index < -0.39 is 0 Å². The fourth-order valence-electron chi connectivity index (χ4n) is 2.16. The van der Waals surface area contributed by atoms with E-state index >= 15 is 0 Å². The Morgan fingerprint density at radius 3 is 2.94 bits per heavy atom. The van der Waals surface area contributed by atoms with Gasteiger partial charge in [-0.2, -0.15) is 0 Å². The summed E-state index contributed by atoms with van der Waals surface area (Å²) in [5, 5.41) is 3.37. The van der Waals surface area contributed by atoms with Crippen molar-refractivity contribution in [1.29, 1.82) is 0 Å². The van der Waals surface area contributed by atoms with Gasteiger partial charge in [0.05, 0.1) is 5.69 Å². The van der Waals surface area contributed by atoms with E-state index in [0.29, 0.717) is 6.04 Å². The Morgan fingerprint density at radius 2 is 2.19 bits per heavy atom. The minimum atomic E-state index is 0.611. The maximum absolute atomic E-state index is 3.62. The van der Waals surface area contributed by atoms with Crippen molar-refractivity contribution in [3.05, 3.63) is 27.1 Å². The lowest BCUT2D eigenvalue weighted by Gasteiger charge is -2.35. The first-order chi connectivity index (χ1) is 7.70. The Balaban J connectivity index is 2.19. The molecule has 1 aliphatic heterocycles. The van der Waals surface area contributed by atoms with Crippen molar-refractivity contribution in [2.75, 3.05) is 25.0 Å². The summed E-state index contributed by atoms with van der Waals surface area (Å²) in [4.78, 5) is 2.44. The van der Waals surface area contributed by atoms with Crippen LogP contribution in [0, 0.1) is 0 Å². The largest absolute Gasteiger partial charge is 0.369 e. The van der Waals surface area contributed by atoms with Gasteiger partial charge in [0.2, 0.25) is 0 Å². The van der Waals surface area contributed by atoms with Crippen LogP contribution in [-0.4, -0.2) is 26.2 Å². The quantitative estimate of drug-likeness (QED) is 0.882. The van der Waals surface area contributed by atoms with E-state index in [1.807, 2.05) is 7.05 Å². The Morgan fingerprint density at radius 1 is 1.38 bits per heavy atom. The second-order valence-corrected chi connectivity index (χ2v) is 5.94. The first kappa shape index (κ1) is 12.4. The highest BCUT2D eigenvalue weighted by Crippen LogP contribution is 2.31. The number of halogens is 2. The summed E-state index contributed by atoms with van der Waals surface area (Å²) in [6.45, 7) is 2.23. The van der Waals surface area contributed by atoms with Crippen molar-refractivity contribution in [3.63, 3.8) is 0 Å². The monoisotopic (exact) mass is 346 g/mol. The van der Waals surface area contributed by atoms with Crippen LogP contribution in [0.3, 0.4) is 0 Å². The molecule has 2 nitrogen and oxygen atoms in total. The second kappa shape index (κ2) is 5.52. The smallest absolute Gasteiger partial charge is 0.0522 e. The molecule has 1 aliphatic rings. The molecular weight excluding hydrogens is 332 g/mol. The standard InChI is InChI=1S/C12H16Br2N2/c1-15-10-3-2-6-16(8-10)12-7-9(13)4-5-11(12)14/h4-5,7,10,15H,2-3,6,8H2,1H3. The van der Waals surface area contributed by atoms with Gasteiger partial charge in [0.1, 0.15) is 0 Å². The SMILES string of the molecule is CNC1CCCN(c2cc(Br)ccc2Br)C1. The number of likely N-dealkylation sites (N-methyl/N-ethyl adjacent to an activating group) is 1. The zero-order valence-corrected chi connectivity index (χ0v) is 12.5. The predicted molar refractivity (Wildman–Crippen MR) is 76.1 cm³/mol. The molecule has 0 saturated carbocycles. The minimum absolute atomic E-state index is 0.611. The van der Waals surface area contributed by atoms with Crippen LogP contribution >= 0.6 is 31.9 Å². The highest BCUT2D eigenvalue weighted by molar-refractivity contribution is 9.11. The number of benzene rings is 1. The molecule has 0 aliphatic carbocycles. The van der Waals surface area contributed by atoms with Gasteiger partial charge in [0.15, 0.2) is 0 Å². The van der Waals surface area contributed by atoms with E-state index in [9.17, 15) is 0 Å². The summed E-state index contributed by atoms with van der Waals surface area (Å²) in [7, 11) is 2.05. The van der Waals surface area contributed by atoms with Crippen molar-refractivity contribution in [2.24, 2.45) is 0 Å². The summed E-state index contributed by atoms with van der Waals surface area (Å²) in [6.07, 6.45) is 2.53. The lowest BCUT2D eigenvalue weighted by Crippen LogP contribution is -2.44. The lowest BCUT2D eigenvalue weighted by molar-refractivity contribution is 0.449. The van der Waals surface area contributed by atoms with Gasteiger partial charge in [0.25, 0.3) is 0 Å². The third kappa shape index (κ3) is 2.79. The van der Waals surface area contributed by atoms with Gasteiger partial charge in [-0.25, -0.2) is 0 Å². The van der Waals surface area contributed by atoms with E-state index in [-0.39, 0.29) is 0 Å². The normalized spacial score (nSPS) is 21.2. The summed E-state index contributed by atoms with van der Waals surface area (Å²) in [5.41, 5.74) is 1.29. The van der Waals surface area contributed by atoms with Crippen LogP contribution < -0.4 is 10.2 Å². The number of piperidine rings is 1. The maximum atomic E-state index is 3.62. The molecule has 1 aromatic rings. The molecule has 1 heterocycles. The van der Waals surface area contributed by atoms with Gasteiger partial charge >= 0.3 is 0 Å². The summed E-state index contributed by atoms with van der Waals surface area (Å²) >= 11 is 7.16. The van der Waals surface area contributed by atoms with Gasteiger partial charge < -0.3 is 10.2 Å². The van der Waals surface area contributed by atoms with Crippen molar-refractivity contribution >= 4 is 37.5 Å². The molecule has 1 N–H and O–H groups in total. The average molecular weight is 348 g/mol. The van der Waals surface area contributed by atoms with Crippen molar-refractivity contribution in [1.82, 2.24) is 5.32 Å². The van der Waals surface area contributed by atoms with E-state index in [4.69, 9.17) is 0 Å². The fraction of sp³-hybridized carbons (Fsp3) is 0.500. The Hall–Kier alpha value is -0.0600. The van der Waals surface area contributed by atoms with Crippen LogP contribution in [0.4, 0.5) is 5.69 Å². The highest BCUT2D eigenvalue weighted by atomic mass is 79.9. The second-order valence-electron chi connectivity index (χ2n) is 4.17. The van der Waals surface area contributed by atoms with Crippen LogP contribution in [0.15, 0.2) is 27.1 Å². The average Bonchev–Trinajstić information content (AvgIpc) is 2.32. The molecule has 4 heteroatoms. The first-order valence-corrected chi connectivity index (χ1v) is 7.16. The molecule has 1 saturated heterocycles. The predicted octanol–water partition coefficient (Wildman–Crippen LogP) is 3.40.